The van der Waals surface area contributed by atoms with Crippen molar-refractivity contribution < 1.29 is 4.57 Å². The topological polar surface area (TPSA) is 3.88 Å². The second-order valence-electron chi connectivity index (χ2n) is 10.8. The van der Waals surface area contributed by atoms with Crippen molar-refractivity contribution in [2.24, 2.45) is 7.05 Å². The molecule has 0 saturated carbocycles. The fourth-order valence-corrected chi connectivity index (χ4v) is 7.03. The highest BCUT2D eigenvalue weighted by molar-refractivity contribution is 7.00. The third-order valence-electron chi connectivity index (χ3n) is 7.11. The summed E-state index contributed by atoms with van der Waals surface area (Å²) in [6, 6.07) is 27.5. The first-order chi connectivity index (χ1) is 15.0. The lowest BCUT2D eigenvalue weighted by molar-refractivity contribution is -0.665. The van der Waals surface area contributed by atoms with Gasteiger partial charge in [-0.1, -0.05) is 98.8 Å². The lowest BCUT2D eigenvalue weighted by Crippen LogP contribution is -2.52. The van der Waals surface area contributed by atoms with Gasteiger partial charge in [0.05, 0.1) is 10.9 Å². The zero-order chi connectivity index (χ0) is 23.3. The van der Waals surface area contributed by atoms with Gasteiger partial charge in [0, 0.05) is 13.0 Å². The highest BCUT2D eigenvalue weighted by atomic mass is 28.3. The number of pyridine rings is 1. The smallest absolute Gasteiger partial charge is 0.198 e. The molecule has 0 unspecified atom stereocenters. The Morgan fingerprint density at radius 1 is 0.750 bits per heavy atom. The van der Waals surface area contributed by atoms with E-state index in [1.54, 1.807) is 0 Å². The van der Waals surface area contributed by atoms with E-state index in [4.69, 9.17) is 0 Å². The molecule has 0 radical (unpaired) electrons. The van der Waals surface area contributed by atoms with E-state index in [0.29, 0.717) is 0 Å². The number of nitrogens with zero attached hydrogens (tertiary/aromatic N) is 1. The van der Waals surface area contributed by atoms with Crippen LogP contribution >= 0.6 is 0 Å². The Morgan fingerprint density at radius 3 is 2.09 bits per heavy atom. The van der Waals surface area contributed by atoms with E-state index in [2.05, 4.69) is 132 Å². The standard InChI is InChI=1S/C30H36NSi/c1-21-14-15-24(30(3,4)5)20-28(21)29-27-17-16-26(19-23(27)18-22(2)31(29)6)32(7,8)25-12-10-9-11-13-25/h9-20H,1-8H3/q+1. The largest absolute Gasteiger partial charge is 0.220 e. The minimum atomic E-state index is -1.75. The number of aryl methyl sites for hydroxylation is 2. The molecule has 4 aromatic rings. The molecule has 0 spiro atoms. The summed E-state index contributed by atoms with van der Waals surface area (Å²) in [6.45, 7) is 16.2. The number of aromatic nitrogens is 1. The summed E-state index contributed by atoms with van der Waals surface area (Å²) in [6.07, 6.45) is 0. The van der Waals surface area contributed by atoms with Gasteiger partial charge in [-0.15, -0.1) is 0 Å². The van der Waals surface area contributed by atoms with Crippen molar-refractivity contribution in [3.63, 3.8) is 0 Å². The van der Waals surface area contributed by atoms with Crippen molar-refractivity contribution in [1.82, 2.24) is 0 Å². The second kappa shape index (κ2) is 8.01. The fourth-order valence-electron chi connectivity index (χ4n) is 4.66. The van der Waals surface area contributed by atoms with Crippen molar-refractivity contribution >= 4 is 29.2 Å². The first-order valence-electron chi connectivity index (χ1n) is 11.6. The van der Waals surface area contributed by atoms with Gasteiger partial charge in [-0.25, -0.2) is 0 Å². The number of benzene rings is 3. The lowest BCUT2D eigenvalue weighted by atomic mass is 9.84. The molecular formula is C30H36NSi+. The van der Waals surface area contributed by atoms with Crippen LogP contribution in [-0.2, 0) is 12.5 Å². The Labute approximate surface area is 194 Å². The van der Waals surface area contributed by atoms with Gasteiger partial charge in [0.2, 0.25) is 5.69 Å². The molecule has 2 heteroatoms. The van der Waals surface area contributed by atoms with Crippen LogP contribution in [0.2, 0.25) is 13.1 Å². The van der Waals surface area contributed by atoms with Crippen LogP contribution in [-0.4, -0.2) is 8.07 Å². The molecule has 0 bridgehead atoms. The van der Waals surface area contributed by atoms with Gasteiger partial charge in [-0.3, -0.25) is 0 Å². The predicted molar refractivity (Wildman–Crippen MR) is 142 cm³/mol. The molecule has 3 aromatic carbocycles. The van der Waals surface area contributed by atoms with Crippen LogP contribution in [0.25, 0.3) is 22.0 Å². The first kappa shape index (κ1) is 22.5. The van der Waals surface area contributed by atoms with Gasteiger partial charge in [-0.2, -0.15) is 4.57 Å². The van der Waals surface area contributed by atoms with Crippen molar-refractivity contribution in [3.05, 3.63) is 89.6 Å². The molecule has 0 aliphatic carbocycles. The van der Waals surface area contributed by atoms with Gasteiger partial charge < -0.3 is 0 Å². The van der Waals surface area contributed by atoms with Gasteiger partial charge in [0.25, 0.3) is 0 Å². The van der Waals surface area contributed by atoms with Gasteiger partial charge in [-0.05, 0) is 41.0 Å². The number of fused-ring (bicyclic) bond motifs is 1. The minimum Gasteiger partial charge on any atom is -0.198 e. The lowest BCUT2D eigenvalue weighted by Gasteiger charge is -2.24. The van der Waals surface area contributed by atoms with Crippen LogP contribution in [0.15, 0.2) is 72.8 Å². The van der Waals surface area contributed by atoms with E-state index >= 15 is 0 Å². The minimum absolute atomic E-state index is 0.124. The van der Waals surface area contributed by atoms with Crippen molar-refractivity contribution in [2.75, 3.05) is 0 Å². The van der Waals surface area contributed by atoms with Crippen molar-refractivity contribution in [3.8, 4) is 11.3 Å². The fraction of sp³-hybridized carbons (Fsp3) is 0.300. The summed E-state index contributed by atoms with van der Waals surface area (Å²) in [4.78, 5) is 0. The summed E-state index contributed by atoms with van der Waals surface area (Å²) < 4.78 is 2.36. The SMILES string of the molecule is Cc1ccc(C(C)(C)C)cc1-c1c2ccc([Si](C)(C)c3ccccc3)cc2cc(C)[n+]1C. The van der Waals surface area contributed by atoms with E-state index in [0.717, 1.165) is 0 Å². The molecule has 1 heterocycles. The zero-order valence-corrected chi connectivity index (χ0v) is 21.9. The van der Waals surface area contributed by atoms with E-state index in [1.165, 1.54) is 49.2 Å². The summed E-state index contributed by atoms with van der Waals surface area (Å²) in [5.41, 5.74) is 6.75. The molecule has 0 N–H and O–H groups in total. The Morgan fingerprint density at radius 2 is 1.44 bits per heavy atom. The van der Waals surface area contributed by atoms with Gasteiger partial charge >= 0.3 is 0 Å². The first-order valence-corrected chi connectivity index (χ1v) is 14.6. The zero-order valence-electron chi connectivity index (χ0n) is 20.9. The van der Waals surface area contributed by atoms with E-state index < -0.39 is 8.07 Å². The second-order valence-corrected chi connectivity index (χ2v) is 15.2. The van der Waals surface area contributed by atoms with Gasteiger partial charge in [0.15, 0.2) is 5.69 Å². The maximum atomic E-state index is 2.46. The molecule has 1 aromatic heterocycles. The molecule has 1 nitrogen and oxygen atoms in total. The van der Waals surface area contributed by atoms with Crippen molar-refractivity contribution in [1.29, 1.82) is 0 Å². The number of rotatable bonds is 3. The molecule has 0 saturated heterocycles. The molecule has 0 aliphatic heterocycles. The van der Waals surface area contributed by atoms with Crippen LogP contribution in [0.5, 0.6) is 0 Å². The number of hydrogen-bond donors (Lipinski definition) is 0. The van der Waals surface area contributed by atoms with Crippen LogP contribution in [0.3, 0.4) is 0 Å². The van der Waals surface area contributed by atoms with E-state index in [-0.39, 0.29) is 5.41 Å². The third-order valence-corrected chi connectivity index (χ3v) is 10.6. The summed E-state index contributed by atoms with van der Waals surface area (Å²) in [5.74, 6) is 0. The monoisotopic (exact) mass is 438 g/mol. The quantitative estimate of drug-likeness (QED) is 0.270. The number of hydrogen-bond acceptors (Lipinski definition) is 0. The average molecular weight is 439 g/mol. The normalized spacial score (nSPS) is 12.4. The molecule has 0 atom stereocenters. The van der Waals surface area contributed by atoms with Gasteiger partial charge in [0.1, 0.15) is 15.1 Å². The molecule has 4 rings (SSSR count). The highest BCUT2D eigenvalue weighted by Crippen LogP contribution is 2.32. The summed E-state index contributed by atoms with van der Waals surface area (Å²) in [7, 11) is 0.446. The Bertz CT molecular complexity index is 1290. The van der Waals surface area contributed by atoms with Crippen molar-refractivity contribution in [2.45, 2.75) is 53.1 Å². The van der Waals surface area contributed by atoms with Crippen LogP contribution in [0.4, 0.5) is 0 Å². The molecule has 164 valence electrons. The average Bonchev–Trinajstić information content (AvgIpc) is 2.75. The predicted octanol–water partition coefficient (Wildman–Crippen LogP) is 6.07. The Hall–Kier alpha value is -2.71. The summed E-state index contributed by atoms with van der Waals surface area (Å²) >= 11 is 0. The van der Waals surface area contributed by atoms with Crippen LogP contribution in [0.1, 0.15) is 37.6 Å². The summed E-state index contributed by atoms with van der Waals surface area (Å²) in [5, 5.41) is 5.63. The molecule has 0 fully saturated rings. The third kappa shape index (κ3) is 3.93. The molecule has 0 amide bonds. The Kier molecular flexibility index (Phi) is 5.62. The van der Waals surface area contributed by atoms with E-state index in [1.807, 2.05) is 0 Å². The maximum Gasteiger partial charge on any atom is 0.220 e. The van der Waals surface area contributed by atoms with Crippen LogP contribution < -0.4 is 14.9 Å². The molecule has 0 aliphatic rings. The Balaban J connectivity index is 1.96. The maximum absolute atomic E-state index is 2.46. The molecule has 32 heavy (non-hydrogen) atoms. The highest BCUT2D eigenvalue weighted by Gasteiger charge is 2.28. The van der Waals surface area contributed by atoms with E-state index in [9.17, 15) is 0 Å². The molecular weight excluding hydrogens is 402 g/mol. The van der Waals surface area contributed by atoms with Crippen LogP contribution in [0, 0.1) is 13.8 Å².